The normalized spacial score (nSPS) is 49.3. The van der Waals surface area contributed by atoms with Gasteiger partial charge in [0.15, 0.2) is 0 Å². The Morgan fingerprint density at radius 1 is 0.786 bits per heavy atom. The van der Waals surface area contributed by atoms with Crippen LogP contribution in [-0.4, -0.2) is 23.9 Å². The van der Waals surface area contributed by atoms with E-state index >= 15 is 0 Å². The van der Waals surface area contributed by atoms with Crippen LogP contribution < -0.4 is 11.5 Å². The van der Waals surface area contributed by atoms with Crippen molar-refractivity contribution in [3.8, 4) is 0 Å². The van der Waals surface area contributed by atoms with Gasteiger partial charge in [-0.1, -0.05) is 0 Å². The van der Waals surface area contributed by atoms with Crippen LogP contribution in [0.5, 0.6) is 0 Å². The molecule has 0 heterocycles. The van der Waals surface area contributed by atoms with Gasteiger partial charge in [-0.25, -0.2) is 0 Å². The Bertz CT molecular complexity index is 230. The van der Waals surface area contributed by atoms with E-state index in [0.717, 1.165) is 0 Å². The molecule has 0 aromatic rings. The van der Waals surface area contributed by atoms with Crippen molar-refractivity contribution in [3.05, 3.63) is 0 Å². The summed E-state index contributed by atoms with van der Waals surface area (Å²) in [5.74, 6) is -10.9. The average molecular weight is 212 g/mol. The molecule has 0 radical (unpaired) electrons. The Morgan fingerprint density at radius 2 is 1.07 bits per heavy atom. The molecular weight excluding hydrogens is 200 g/mol. The van der Waals surface area contributed by atoms with E-state index in [2.05, 4.69) is 0 Å². The minimum Gasteiger partial charge on any atom is -0.327 e. The first-order chi connectivity index (χ1) is 6.28. The maximum absolute atomic E-state index is 13.2. The van der Waals surface area contributed by atoms with Crippen molar-refractivity contribution >= 4 is 0 Å². The Labute approximate surface area is 78.6 Å². The number of rotatable bonds is 0. The van der Waals surface area contributed by atoms with Crippen LogP contribution in [0.15, 0.2) is 0 Å². The number of halogens is 4. The molecule has 4 N–H and O–H groups in total. The molecule has 3 saturated carbocycles. The lowest BCUT2D eigenvalue weighted by Gasteiger charge is -2.53. The molecule has 3 rings (SSSR count). The van der Waals surface area contributed by atoms with Gasteiger partial charge >= 0.3 is 11.8 Å². The number of alkyl halides is 4. The molecule has 2 nitrogen and oxygen atoms in total. The number of fused-ring (bicyclic) bond motifs is 3. The average Bonchev–Trinajstić information content (AvgIpc) is 2.05. The number of hydrogen-bond acceptors (Lipinski definition) is 2. The van der Waals surface area contributed by atoms with Crippen LogP contribution in [0.1, 0.15) is 12.8 Å². The molecule has 3 aliphatic carbocycles. The molecule has 0 aromatic heterocycles. The van der Waals surface area contributed by atoms with Crippen LogP contribution in [0.25, 0.3) is 0 Å². The summed E-state index contributed by atoms with van der Waals surface area (Å²) >= 11 is 0. The van der Waals surface area contributed by atoms with E-state index in [0.29, 0.717) is 0 Å². The molecule has 82 valence electrons. The molecule has 4 atom stereocenters. The molecular formula is C8H12F4N2. The Morgan fingerprint density at radius 3 is 1.36 bits per heavy atom. The number of nitrogens with two attached hydrogens (primary N) is 2. The molecule has 3 fully saturated rings. The van der Waals surface area contributed by atoms with Gasteiger partial charge in [-0.05, 0) is 12.8 Å². The predicted octanol–water partition coefficient (Wildman–Crippen LogP) is 0.951. The Kier molecular flexibility index (Phi) is 1.89. The van der Waals surface area contributed by atoms with Crippen LogP contribution >= 0.6 is 0 Å². The monoisotopic (exact) mass is 212 g/mol. The van der Waals surface area contributed by atoms with E-state index in [1.807, 2.05) is 0 Å². The minimum atomic E-state index is -3.99. The lowest BCUT2D eigenvalue weighted by atomic mass is 9.61. The van der Waals surface area contributed by atoms with E-state index in [-0.39, 0.29) is 12.8 Å². The molecule has 0 spiro atoms. The van der Waals surface area contributed by atoms with E-state index in [1.54, 1.807) is 0 Å². The molecule has 0 saturated heterocycles. The zero-order valence-corrected chi connectivity index (χ0v) is 7.39. The smallest absolute Gasteiger partial charge is 0.314 e. The fourth-order valence-electron chi connectivity index (χ4n) is 2.59. The van der Waals surface area contributed by atoms with Gasteiger partial charge in [-0.15, -0.1) is 0 Å². The van der Waals surface area contributed by atoms with Gasteiger partial charge in [0.05, 0.1) is 0 Å². The van der Waals surface area contributed by atoms with Crippen molar-refractivity contribution in [3.63, 3.8) is 0 Å². The third-order valence-electron chi connectivity index (χ3n) is 3.46. The predicted molar refractivity (Wildman–Crippen MR) is 42.1 cm³/mol. The fraction of sp³-hybridized carbons (Fsp3) is 1.00. The van der Waals surface area contributed by atoms with Crippen molar-refractivity contribution < 1.29 is 17.6 Å². The van der Waals surface area contributed by atoms with E-state index in [1.165, 1.54) is 0 Å². The highest BCUT2D eigenvalue weighted by molar-refractivity contribution is 5.12. The fourth-order valence-corrected chi connectivity index (χ4v) is 2.59. The number of hydrogen-bond donors (Lipinski definition) is 2. The summed E-state index contributed by atoms with van der Waals surface area (Å²) in [5, 5.41) is 0. The molecule has 0 amide bonds. The van der Waals surface area contributed by atoms with Crippen molar-refractivity contribution in [1.29, 1.82) is 0 Å². The standard InChI is InChI=1S/C8H12F4N2/c9-7(10)3-1-5(13)4(2-6(3)14)8(7,11)12/h3-6H,1-2,13-14H2. The van der Waals surface area contributed by atoms with Gasteiger partial charge in [0.2, 0.25) is 0 Å². The lowest BCUT2D eigenvalue weighted by molar-refractivity contribution is -0.308. The van der Waals surface area contributed by atoms with Gasteiger partial charge in [-0.3, -0.25) is 0 Å². The van der Waals surface area contributed by atoms with Gasteiger partial charge in [0, 0.05) is 23.9 Å². The first-order valence-corrected chi connectivity index (χ1v) is 4.55. The van der Waals surface area contributed by atoms with Crippen molar-refractivity contribution in [1.82, 2.24) is 0 Å². The van der Waals surface area contributed by atoms with Crippen molar-refractivity contribution in [2.24, 2.45) is 23.3 Å². The largest absolute Gasteiger partial charge is 0.327 e. The summed E-state index contributed by atoms with van der Waals surface area (Å²) in [6.07, 6.45) is -0.206. The first kappa shape index (κ1) is 10.2. The summed E-state index contributed by atoms with van der Waals surface area (Å²) in [4.78, 5) is 0. The van der Waals surface area contributed by atoms with Gasteiger partial charge in [-0.2, -0.15) is 17.6 Å². The maximum Gasteiger partial charge on any atom is 0.314 e. The van der Waals surface area contributed by atoms with Crippen LogP contribution in [0.4, 0.5) is 17.6 Å². The summed E-state index contributed by atoms with van der Waals surface area (Å²) in [6.45, 7) is 0. The minimum absolute atomic E-state index is 0.103. The molecule has 14 heavy (non-hydrogen) atoms. The highest BCUT2D eigenvalue weighted by Gasteiger charge is 2.73. The van der Waals surface area contributed by atoms with E-state index in [9.17, 15) is 17.6 Å². The summed E-state index contributed by atoms with van der Waals surface area (Å²) < 4.78 is 52.9. The van der Waals surface area contributed by atoms with E-state index < -0.39 is 35.8 Å². The Hall–Kier alpha value is -0.360. The summed E-state index contributed by atoms with van der Waals surface area (Å²) in [7, 11) is 0. The summed E-state index contributed by atoms with van der Waals surface area (Å²) in [5.41, 5.74) is 10.8. The topological polar surface area (TPSA) is 52.0 Å². The SMILES string of the molecule is NC1CC2C(N)CC1C(F)(F)C2(F)F. The second kappa shape index (κ2) is 2.61. The maximum atomic E-state index is 13.2. The van der Waals surface area contributed by atoms with E-state index in [4.69, 9.17) is 11.5 Å². The molecule has 0 aliphatic heterocycles. The van der Waals surface area contributed by atoms with Gasteiger partial charge < -0.3 is 11.5 Å². The Balaban J connectivity index is 2.40. The van der Waals surface area contributed by atoms with Gasteiger partial charge in [0.1, 0.15) is 0 Å². The van der Waals surface area contributed by atoms with Crippen LogP contribution in [0.3, 0.4) is 0 Å². The highest BCUT2D eigenvalue weighted by Crippen LogP contribution is 2.57. The van der Waals surface area contributed by atoms with Crippen LogP contribution in [-0.2, 0) is 0 Å². The molecule has 6 heteroatoms. The molecule has 0 aromatic carbocycles. The highest BCUT2D eigenvalue weighted by atomic mass is 19.3. The molecule has 4 unspecified atom stereocenters. The van der Waals surface area contributed by atoms with Crippen LogP contribution in [0, 0.1) is 11.8 Å². The third-order valence-corrected chi connectivity index (χ3v) is 3.46. The van der Waals surface area contributed by atoms with Crippen LogP contribution in [0.2, 0.25) is 0 Å². The van der Waals surface area contributed by atoms with Crippen molar-refractivity contribution in [2.75, 3.05) is 0 Å². The zero-order chi connectivity index (χ0) is 10.7. The second-order valence-corrected chi connectivity index (χ2v) is 4.26. The molecule has 2 bridgehead atoms. The van der Waals surface area contributed by atoms with Crippen molar-refractivity contribution in [2.45, 2.75) is 36.8 Å². The molecule has 3 aliphatic rings. The third kappa shape index (κ3) is 0.982. The lowest BCUT2D eigenvalue weighted by Crippen LogP contribution is -2.70. The first-order valence-electron chi connectivity index (χ1n) is 4.55. The second-order valence-electron chi connectivity index (χ2n) is 4.26. The van der Waals surface area contributed by atoms with Gasteiger partial charge in [0.25, 0.3) is 0 Å². The summed E-state index contributed by atoms with van der Waals surface area (Å²) in [6, 6.07) is -1.70. The zero-order valence-electron chi connectivity index (χ0n) is 7.39. The quantitative estimate of drug-likeness (QED) is 0.587.